The van der Waals surface area contributed by atoms with Gasteiger partial charge in [0.2, 0.25) is 0 Å². The molecule has 1 aromatic rings. The van der Waals surface area contributed by atoms with Gasteiger partial charge in [0.15, 0.2) is 0 Å². The van der Waals surface area contributed by atoms with E-state index in [1.54, 1.807) is 24.3 Å². The molecule has 0 aliphatic heterocycles. The third kappa shape index (κ3) is 7.54. The summed E-state index contributed by atoms with van der Waals surface area (Å²) < 4.78 is 10.5. The Morgan fingerprint density at radius 3 is 2.39 bits per heavy atom. The molecule has 0 heterocycles. The highest BCUT2D eigenvalue weighted by Crippen LogP contribution is 2.15. The van der Waals surface area contributed by atoms with Crippen LogP contribution in [0.3, 0.4) is 0 Å². The number of hydrogen-bond donors (Lipinski definition) is 2. The summed E-state index contributed by atoms with van der Waals surface area (Å²) in [5, 5.41) is 11.6. The van der Waals surface area contributed by atoms with Crippen LogP contribution in [0.5, 0.6) is 5.75 Å². The Bertz CT molecular complexity index is 498. The van der Waals surface area contributed by atoms with Crippen LogP contribution in [0.2, 0.25) is 0 Å². The molecule has 0 spiro atoms. The van der Waals surface area contributed by atoms with Gasteiger partial charge in [-0.2, -0.15) is 0 Å². The van der Waals surface area contributed by atoms with E-state index in [-0.39, 0.29) is 19.1 Å². The van der Waals surface area contributed by atoms with Crippen LogP contribution in [0.25, 0.3) is 0 Å². The maximum atomic E-state index is 11.6. The quantitative estimate of drug-likeness (QED) is 0.682. The van der Waals surface area contributed by atoms with E-state index in [1.165, 1.54) is 0 Å². The number of carbonyl (C=O) groups excluding carboxylic acids is 1. The standard InChI is InChI=1S/C17H25NO5/c1-4-5-10-22-17(21)18-15(16(19)20)11-13-6-8-14(9-7-13)23-12(2)3/h6-9,12,15H,4-5,10-11H2,1-3H3,(H,18,21)(H,19,20)/t15-/m0/s1. The molecule has 128 valence electrons. The van der Waals surface area contributed by atoms with Crippen molar-refractivity contribution >= 4 is 12.1 Å². The summed E-state index contributed by atoms with van der Waals surface area (Å²) in [4.78, 5) is 22.9. The maximum absolute atomic E-state index is 11.6. The van der Waals surface area contributed by atoms with Crippen molar-refractivity contribution in [2.24, 2.45) is 0 Å². The molecule has 0 fully saturated rings. The molecule has 0 aromatic heterocycles. The van der Waals surface area contributed by atoms with Crippen LogP contribution < -0.4 is 10.1 Å². The second-order valence-corrected chi connectivity index (χ2v) is 5.54. The number of ether oxygens (including phenoxy) is 2. The van der Waals surface area contributed by atoms with Crippen LogP contribution in [0.4, 0.5) is 4.79 Å². The number of carboxylic acid groups (broad SMARTS) is 1. The van der Waals surface area contributed by atoms with Gasteiger partial charge in [0.05, 0.1) is 12.7 Å². The Morgan fingerprint density at radius 1 is 1.22 bits per heavy atom. The van der Waals surface area contributed by atoms with Gasteiger partial charge in [-0.15, -0.1) is 0 Å². The predicted molar refractivity (Wildman–Crippen MR) is 86.7 cm³/mol. The van der Waals surface area contributed by atoms with Gasteiger partial charge < -0.3 is 19.9 Å². The van der Waals surface area contributed by atoms with E-state index < -0.39 is 18.1 Å². The van der Waals surface area contributed by atoms with Gasteiger partial charge in [-0.05, 0) is 38.0 Å². The molecule has 1 atom stereocenters. The predicted octanol–water partition coefficient (Wildman–Crippen LogP) is 3.00. The Hall–Kier alpha value is -2.24. The van der Waals surface area contributed by atoms with E-state index >= 15 is 0 Å². The highest BCUT2D eigenvalue weighted by molar-refractivity contribution is 5.80. The summed E-state index contributed by atoms with van der Waals surface area (Å²) in [5.41, 5.74) is 0.794. The Morgan fingerprint density at radius 2 is 1.87 bits per heavy atom. The smallest absolute Gasteiger partial charge is 0.407 e. The van der Waals surface area contributed by atoms with Gasteiger partial charge in [0.25, 0.3) is 0 Å². The van der Waals surface area contributed by atoms with E-state index in [2.05, 4.69) is 5.32 Å². The summed E-state index contributed by atoms with van der Waals surface area (Å²) in [6, 6.07) is 6.12. The van der Waals surface area contributed by atoms with Crippen molar-refractivity contribution in [3.63, 3.8) is 0 Å². The fourth-order valence-corrected chi connectivity index (χ4v) is 1.91. The fraction of sp³-hybridized carbons (Fsp3) is 0.529. The zero-order chi connectivity index (χ0) is 17.2. The van der Waals surface area contributed by atoms with Gasteiger partial charge in [-0.25, -0.2) is 9.59 Å². The zero-order valence-electron chi connectivity index (χ0n) is 13.9. The van der Waals surface area contributed by atoms with Crippen molar-refractivity contribution < 1.29 is 24.2 Å². The normalized spacial score (nSPS) is 11.8. The van der Waals surface area contributed by atoms with Crippen molar-refractivity contribution in [2.75, 3.05) is 6.61 Å². The van der Waals surface area contributed by atoms with Gasteiger partial charge in [-0.1, -0.05) is 25.5 Å². The number of nitrogens with one attached hydrogen (secondary N) is 1. The van der Waals surface area contributed by atoms with Gasteiger partial charge in [-0.3, -0.25) is 0 Å². The van der Waals surface area contributed by atoms with E-state index in [0.29, 0.717) is 0 Å². The fourth-order valence-electron chi connectivity index (χ4n) is 1.91. The lowest BCUT2D eigenvalue weighted by atomic mass is 10.1. The first-order chi connectivity index (χ1) is 10.9. The summed E-state index contributed by atoms with van der Waals surface area (Å²) in [5.74, 6) is -0.373. The first kappa shape index (κ1) is 18.8. The number of carbonyl (C=O) groups is 2. The molecule has 0 aliphatic rings. The van der Waals surface area contributed by atoms with Crippen molar-refractivity contribution in [1.82, 2.24) is 5.32 Å². The number of amides is 1. The molecular weight excluding hydrogens is 298 g/mol. The number of hydrogen-bond acceptors (Lipinski definition) is 4. The number of unbranched alkanes of at least 4 members (excludes halogenated alkanes) is 1. The average molecular weight is 323 g/mol. The molecule has 0 aliphatic carbocycles. The molecule has 6 heteroatoms. The number of rotatable bonds is 9. The molecule has 0 saturated carbocycles. The molecule has 1 amide bonds. The zero-order valence-corrected chi connectivity index (χ0v) is 13.9. The van der Waals surface area contributed by atoms with E-state index in [9.17, 15) is 14.7 Å². The lowest BCUT2D eigenvalue weighted by molar-refractivity contribution is -0.139. The lowest BCUT2D eigenvalue weighted by Crippen LogP contribution is -2.42. The first-order valence-corrected chi connectivity index (χ1v) is 7.84. The number of alkyl carbamates (subject to hydrolysis) is 1. The van der Waals surface area contributed by atoms with Crippen LogP contribution in [0.1, 0.15) is 39.2 Å². The Labute approximate surface area is 136 Å². The molecule has 23 heavy (non-hydrogen) atoms. The van der Waals surface area contributed by atoms with Crippen LogP contribution >= 0.6 is 0 Å². The molecule has 6 nitrogen and oxygen atoms in total. The van der Waals surface area contributed by atoms with Crippen LogP contribution in [-0.2, 0) is 16.0 Å². The highest BCUT2D eigenvalue weighted by Gasteiger charge is 2.21. The second kappa shape index (κ2) is 9.71. The average Bonchev–Trinajstić information content (AvgIpc) is 2.48. The minimum absolute atomic E-state index is 0.0761. The van der Waals surface area contributed by atoms with Gasteiger partial charge in [0, 0.05) is 6.42 Å². The van der Waals surface area contributed by atoms with Gasteiger partial charge >= 0.3 is 12.1 Å². The Kier molecular flexibility index (Phi) is 7.94. The first-order valence-electron chi connectivity index (χ1n) is 7.84. The van der Waals surface area contributed by atoms with Gasteiger partial charge in [0.1, 0.15) is 11.8 Å². The molecular formula is C17H25NO5. The summed E-state index contributed by atoms with van der Waals surface area (Å²) in [6.07, 6.45) is 1.21. The van der Waals surface area contributed by atoms with Crippen molar-refractivity contribution in [2.45, 2.75) is 52.2 Å². The summed E-state index contributed by atoms with van der Waals surface area (Å²) in [6.45, 7) is 6.13. The maximum Gasteiger partial charge on any atom is 0.407 e. The minimum Gasteiger partial charge on any atom is -0.491 e. The van der Waals surface area contributed by atoms with Crippen molar-refractivity contribution in [3.8, 4) is 5.75 Å². The van der Waals surface area contributed by atoms with Crippen LogP contribution in [0.15, 0.2) is 24.3 Å². The molecule has 0 saturated heterocycles. The molecule has 1 rings (SSSR count). The van der Waals surface area contributed by atoms with Crippen LogP contribution in [-0.4, -0.2) is 35.9 Å². The molecule has 0 bridgehead atoms. The largest absolute Gasteiger partial charge is 0.491 e. The number of carboxylic acids is 1. The van der Waals surface area contributed by atoms with E-state index in [0.717, 1.165) is 24.2 Å². The van der Waals surface area contributed by atoms with Crippen LogP contribution in [0, 0.1) is 0 Å². The summed E-state index contributed by atoms with van der Waals surface area (Å²) in [7, 11) is 0. The third-order valence-electron chi connectivity index (χ3n) is 3.06. The second-order valence-electron chi connectivity index (χ2n) is 5.54. The monoisotopic (exact) mass is 323 g/mol. The minimum atomic E-state index is -1.10. The summed E-state index contributed by atoms with van der Waals surface area (Å²) >= 11 is 0. The highest BCUT2D eigenvalue weighted by atomic mass is 16.5. The molecule has 1 aromatic carbocycles. The number of benzene rings is 1. The van der Waals surface area contributed by atoms with E-state index in [4.69, 9.17) is 9.47 Å². The topological polar surface area (TPSA) is 84.9 Å². The Balaban J connectivity index is 2.58. The van der Waals surface area contributed by atoms with Crippen molar-refractivity contribution in [1.29, 1.82) is 0 Å². The molecule has 2 N–H and O–H groups in total. The van der Waals surface area contributed by atoms with Crippen molar-refractivity contribution in [3.05, 3.63) is 29.8 Å². The van der Waals surface area contributed by atoms with E-state index in [1.807, 2.05) is 20.8 Å². The SMILES string of the molecule is CCCCOC(=O)N[C@@H](Cc1ccc(OC(C)C)cc1)C(=O)O. The third-order valence-corrected chi connectivity index (χ3v) is 3.06. The number of aliphatic carboxylic acids is 1. The molecule has 0 unspecified atom stereocenters. The molecule has 0 radical (unpaired) electrons. The lowest BCUT2D eigenvalue weighted by Gasteiger charge is -2.15.